The standard InChI is InChI=1S/C8H14N4/c9-7-5-3-1-2-4-6-8-11-12-10/h1-6,8H2. The fraction of sp³-hybridized carbons (Fsp3) is 0.875. The topological polar surface area (TPSA) is 72.5 Å². The van der Waals surface area contributed by atoms with E-state index in [1.54, 1.807) is 0 Å². The van der Waals surface area contributed by atoms with Gasteiger partial charge in [-0.15, -0.1) is 0 Å². The molecule has 0 amide bonds. The third-order valence-electron chi connectivity index (χ3n) is 1.61. The number of hydrogen-bond donors (Lipinski definition) is 0. The molecular weight excluding hydrogens is 152 g/mol. The zero-order valence-corrected chi connectivity index (χ0v) is 7.24. The Kier molecular flexibility index (Phi) is 8.82. The van der Waals surface area contributed by atoms with Gasteiger partial charge < -0.3 is 0 Å². The van der Waals surface area contributed by atoms with E-state index in [1.807, 2.05) is 0 Å². The van der Waals surface area contributed by atoms with E-state index in [-0.39, 0.29) is 0 Å². The van der Waals surface area contributed by atoms with Gasteiger partial charge in [-0.3, -0.25) is 0 Å². The molecule has 66 valence electrons. The fourth-order valence-electron chi connectivity index (χ4n) is 0.962. The first-order chi connectivity index (χ1) is 5.91. The molecule has 0 rings (SSSR count). The second-order valence-electron chi connectivity index (χ2n) is 2.63. The van der Waals surface area contributed by atoms with Crippen molar-refractivity contribution in [2.75, 3.05) is 6.54 Å². The summed E-state index contributed by atoms with van der Waals surface area (Å²) in [4.78, 5) is 2.66. The van der Waals surface area contributed by atoms with E-state index in [9.17, 15) is 0 Å². The number of nitriles is 1. The summed E-state index contributed by atoms with van der Waals surface area (Å²) in [5.74, 6) is 0. The van der Waals surface area contributed by atoms with Gasteiger partial charge in [0.25, 0.3) is 0 Å². The molecule has 4 heteroatoms. The summed E-state index contributed by atoms with van der Waals surface area (Å²) in [6.07, 6.45) is 5.99. The van der Waals surface area contributed by atoms with E-state index in [0.717, 1.165) is 32.1 Å². The summed E-state index contributed by atoms with van der Waals surface area (Å²) < 4.78 is 0. The molecule has 0 unspecified atom stereocenters. The molecule has 0 aliphatic carbocycles. The average Bonchev–Trinajstić information content (AvgIpc) is 2.10. The van der Waals surface area contributed by atoms with Gasteiger partial charge in [-0.1, -0.05) is 24.4 Å². The Morgan fingerprint density at radius 1 is 1.17 bits per heavy atom. The largest absolute Gasteiger partial charge is 0.198 e. The molecule has 0 bridgehead atoms. The van der Waals surface area contributed by atoms with E-state index >= 15 is 0 Å². The summed E-state index contributed by atoms with van der Waals surface area (Å²) in [5.41, 5.74) is 7.96. The Bertz CT molecular complexity index is 176. The number of azide groups is 1. The van der Waals surface area contributed by atoms with Gasteiger partial charge in [0.05, 0.1) is 6.07 Å². The van der Waals surface area contributed by atoms with Crippen LogP contribution < -0.4 is 0 Å². The lowest BCUT2D eigenvalue weighted by atomic mass is 10.1. The lowest BCUT2D eigenvalue weighted by molar-refractivity contribution is 0.624. The molecule has 0 spiro atoms. The zero-order valence-electron chi connectivity index (χ0n) is 7.24. The van der Waals surface area contributed by atoms with Crippen LogP contribution in [0.3, 0.4) is 0 Å². The Hall–Kier alpha value is -1.20. The Balaban J connectivity index is 2.91. The highest BCUT2D eigenvalue weighted by atomic mass is 15.1. The first kappa shape index (κ1) is 10.8. The van der Waals surface area contributed by atoms with Crippen molar-refractivity contribution in [3.63, 3.8) is 0 Å². The van der Waals surface area contributed by atoms with Crippen LogP contribution in [0.15, 0.2) is 5.11 Å². The highest BCUT2D eigenvalue weighted by Crippen LogP contribution is 2.04. The molecule has 4 nitrogen and oxygen atoms in total. The van der Waals surface area contributed by atoms with E-state index in [4.69, 9.17) is 10.8 Å². The molecule has 0 aromatic rings. The van der Waals surface area contributed by atoms with Crippen molar-refractivity contribution >= 4 is 0 Å². The lowest BCUT2D eigenvalue weighted by Crippen LogP contribution is -1.81. The Morgan fingerprint density at radius 2 is 1.83 bits per heavy atom. The normalized spacial score (nSPS) is 8.58. The van der Waals surface area contributed by atoms with Crippen LogP contribution in [0, 0.1) is 11.3 Å². The van der Waals surface area contributed by atoms with Gasteiger partial charge in [-0.05, 0) is 18.4 Å². The zero-order chi connectivity index (χ0) is 9.07. The van der Waals surface area contributed by atoms with Crippen LogP contribution in [0.5, 0.6) is 0 Å². The predicted molar refractivity (Wildman–Crippen MR) is 47.3 cm³/mol. The molecule has 12 heavy (non-hydrogen) atoms. The third kappa shape index (κ3) is 8.80. The van der Waals surface area contributed by atoms with Crippen LogP contribution >= 0.6 is 0 Å². The van der Waals surface area contributed by atoms with Crippen LogP contribution in [-0.2, 0) is 0 Å². The first-order valence-electron chi connectivity index (χ1n) is 4.29. The monoisotopic (exact) mass is 166 g/mol. The number of hydrogen-bond acceptors (Lipinski definition) is 2. The second-order valence-corrected chi connectivity index (χ2v) is 2.63. The van der Waals surface area contributed by atoms with Gasteiger partial charge in [-0.2, -0.15) is 5.26 Å². The van der Waals surface area contributed by atoms with Crippen molar-refractivity contribution in [3.05, 3.63) is 10.4 Å². The van der Waals surface area contributed by atoms with Crippen LogP contribution in [0.4, 0.5) is 0 Å². The minimum atomic E-state index is 0.606. The molecular formula is C8H14N4. The molecule has 0 saturated heterocycles. The van der Waals surface area contributed by atoms with E-state index in [1.165, 1.54) is 0 Å². The van der Waals surface area contributed by atoms with Crippen molar-refractivity contribution in [2.45, 2.75) is 38.5 Å². The first-order valence-corrected chi connectivity index (χ1v) is 4.29. The molecule has 0 heterocycles. The summed E-state index contributed by atoms with van der Waals surface area (Å²) in [5, 5.41) is 11.7. The maximum atomic E-state index is 8.23. The van der Waals surface area contributed by atoms with Gasteiger partial charge >= 0.3 is 0 Å². The second kappa shape index (κ2) is 9.80. The SMILES string of the molecule is N#CCCCCCCCN=[N+]=[N-]. The Labute approximate surface area is 72.8 Å². The van der Waals surface area contributed by atoms with E-state index < -0.39 is 0 Å². The highest BCUT2D eigenvalue weighted by molar-refractivity contribution is 4.67. The van der Waals surface area contributed by atoms with Crippen LogP contribution in [0.1, 0.15) is 38.5 Å². The van der Waals surface area contributed by atoms with Crippen molar-refractivity contribution in [1.29, 1.82) is 5.26 Å². The molecule has 0 radical (unpaired) electrons. The molecule has 0 fully saturated rings. The molecule has 0 aromatic heterocycles. The highest BCUT2D eigenvalue weighted by Gasteiger charge is 1.88. The maximum Gasteiger partial charge on any atom is 0.0621 e. The van der Waals surface area contributed by atoms with Crippen LogP contribution in [-0.4, -0.2) is 6.54 Å². The van der Waals surface area contributed by atoms with Crippen LogP contribution in [0.2, 0.25) is 0 Å². The quantitative estimate of drug-likeness (QED) is 0.248. The minimum absolute atomic E-state index is 0.606. The van der Waals surface area contributed by atoms with Crippen molar-refractivity contribution in [3.8, 4) is 6.07 Å². The molecule has 0 atom stereocenters. The third-order valence-corrected chi connectivity index (χ3v) is 1.61. The van der Waals surface area contributed by atoms with Gasteiger partial charge in [0.1, 0.15) is 0 Å². The summed E-state index contributed by atoms with van der Waals surface area (Å²) in [6, 6.07) is 2.11. The predicted octanol–water partition coefficient (Wildman–Crippen LogP) is 3.16. The van der Waals surface area contributed by atoms with Gasteiger partial charge in [0.15, 0.2) is 0 Å². The maximum absolute atomic E-state index is 8.23. The van der Waals surface area contributed by atoms with E-state index in [0.29, 0.717) is 13.0 Å². The minimum Gasteiger partial charge on any atom is -0.198 e. The molecule has 0 saturated carbocycles. The summed E-state index contributed by atoms with van der Waals surface area (Å²) >= 11 is 0. The fourth-order valence-corrected chi connectivity index (χ4v) is 0.962. The van der Waals surface area contributed by atoms with Crippen molar-refractivity contribution in [1.82, 2.24) is 0 Å². The smallest absolute Gasteiger partial charge is 0.0621 e. The van der Waals surface area contributed by atoms with Crippen molar-refractivity contribution < 1.29 is 0 Å². The van der Waals surface area contributed by atoms with Crippen LogP contribution in [0.25, 0.3) is 10.4 Å². The molecule has 0 aliphatic heterocycles. The average molecular weight is 166 g/mol. The van der Waals surface area contributed by atoms with E-state index in [2.05, 4.69) is 16.1 Å². The lowest BCUT2D eigenvalue weighted by Gasteiger charge is -1.95. The Morgan fingerprint density at radius 3 is 2.50 bits per heavy atom. The van der Waals surface area contributed by atoms with Gasteiger partial charge in [0, 0.05) is 17.9 Å². The summed E-state index contributed by atoms with van der Waals surface area (Å²) in [7, 11) is 0. The summed E-state index contributed by atoms with van der Waals surface area (Å²) in [6.45, 7) is 0.606. The number of unbranched alkanes of at least 4 members (excludes halogenated alkanes) is 5. The molecule has 0 aliphatic rings. The number of rotatable bonds is 7. The van der Waals surface area contributed by atoms with Gasteiger partial charge in [-0.25, -0.2) is 0 Å². The molecule has 0 N–H and O–H groups in total. The van der Waals surface area contributed by atoms with Crippen molar-refractivity contribution in [2.24, 2.45) is 5.11 Å². The van der Waals surface area contributed by atoms with Gasteiger partial charge in [0.2, 0.25) is 0 Å². The molecule has 0 aromatic carbocycles. The number of nitrogens with zero attached hydrogens (tertiary/aromatic N) is 4.